The van der Waals surface area contributed by atoms with E-state index < -0.39 is 5.97 Å². The fourth-order valence-electron chi connectivity index (χ4n) is 1.44. The standard InChI is InChI=1S/C12H8BrClN2O3S/c13-9-3-6(14)1-2-8(9)11(19)16-12-15-7(5-20-12)4-10(17)18/h1-3,5H,4H2,(H,17,18)(H,15,16,19). The molecule has 5 nitrogen and oxygen atoms in total. The van der Waals surface area contributed by atoms with Crippen LogP contribution in [0, 0.1) is 0 Å². The van der Waals surface area contributed by atoms with E-state index in [1.54, 1.807) is 23.6 Å². The number of aromatic nitrogens is 1. The van der Waals surface area contributed by atoms with Crippen molar-refractivity contribution in [3.8, 4) is 0 Å². The van der Waals surface area contributed by atoms with Gasteiger partial charge < -0.3 is 5.11 Å². The first kappa shape index (κ1) is 15.0. The molecule has 20 heavy (non-hydrogen) atoms. The summed E-state index contributed by atoms with van der Waals surface area (Å²) in [4.78, 5) is 26.6. The number of nitrogens with zero attached hydrogens (tertiary/aromatic N) is 1. The Balaban J connectivity index is 2.11. The highest BCUT2D eigenvalue weighted by Gasteiger charge is 2.13. The van der Waals surface area contributed by atoms with Gasteiger partial charge in [0.25, 0.3) is 5.91 Å². The lowest BCUT2D eigenvalue weighted by atomic mass is 10.2. The molecule has 2 rings (SSSR count). The van der Waals surface area contributed by atoms with Crippen LogP contribution >= 0.6 is 38.9 Å². The third-order valence-electron chi connectivity index (χ3n) is 2.28. The topological polar surface area (TPSA) is 79.3 Å². The number of thiazole rings is 1. The first-order chi connectivity index (χ1) is 9.45. The molecule has 0 bridgehead atoms. The number of benzene rings is 1. The highest BCUT2D eigenvalue weighted by molar-refractivity contribution is 9.10. The quantitative estimate of drug-likeness (QED) is 0.858. The fraction of sp³-hybridized carbons (Fsp3) is 0.0833. The third-order valence-corrected chi connectivity index (χ3v) is 3.98. The van der Waals surface area contributed by atoms with Gasteiger partial charge in [-0.3, -0.25) is 14.9 Å². The van der Waals surface area contributed by atoms with Gasteiger partial charge in [-0.25, -0.2) is 4.98 Å². The maximum Gasteiger partial charge on any atom is 0.309 e. The van der Waals surface area contributed by atoms with Gasteiger partial charge in [0.1, 0.15) is 0 Å². The fourth-order valence-corrected chi connectivity index (χ4v) is 3.01. The van der Waals surface area contributed by atoms with Crippen LogP contribution in [0.1, 0.15) is 16.1 Å². The van der Waals surface area contributed by atoms with Crippen LogP contribution < -0.4 is 5.32 Å². The molecule has 0 aliphatic heterocycles. The second kappa shape index (κ2) is 6.34. The highest BCUT2D eigenvalue weighted by atomic mass is 79.9. The lowest BCUT2D eigenvalue weighted by Crippen LogP contribution is -2.12. The van der Waals surface area contributed by atoms with E-state index in [0.29, 0.717) is 25.9 Å². The number of aliphatic carboxylic acids is 1. The van der Waals surface area contributed by atoms with Crippen LogP contribution in [-0.4, -0.2) is 22.0 Å². The van der Waals surface area contributed by atoms with Gasteiger partial charge in [0.15, 0.2) is 5.13 Å². The summed E-state index contributed by atoms with van der Waals surface area (Å²) in [5.74, 6) is -1.31. The van der Waals surface area contributed by atoms with Gasteiger partial charge in [-0.1, -0.05) is 11.6 Å². The molecule has 0 atom stereocenters. The number of carboxylic acid groups (broad SMARTS) is 1. The summed E-state index contributed by atoms with van der Waals surface area (Å²) < 4.78 is 0.574. The van der Waals surface area contributed by atoms with Gasteiger partial charge in [-0.05, 0) is 34.1 Å². The van der Waals surface area contributed by atoms with E-state index >= 15 is 0 Å². The molecule has 8 heteroatoms. The number of halogens is 2. The summed E-state index contributed by atoms with van der Waals surface area (Å²) in [6, 6.07) is 4.82. The maximum atomic E-state index is 12.0. The monoisotopic (exact) mass is 374 g/mol. The van der Waals surface area contributed by atoms with Crippen molar-refractivity contribution in [2.75, 3.05) is 5.32 Å². The molecular weight excluding hydrogens is 368 g/mol. The Morgan fingerprint density at radius 1 is 1.45 bits per heavy atom. The lowest BCUT2D eigenvalue weighted by Gasteiger charge is -2.04. The van der Waals surface area contributed by atoms with Crippen molar-refractivity contribution in [3.63, 3.8) is 0 Å². The van der Waals surface area contributed by atoms with E-state index in [-0.39, 0.29) is 12.3 Å². The minimum Gasteiger partial charge on any atom is -0.481 e. The number of rotatable bonds is 4. The Morgan fingerprint density at radius 2 is 2.20 bits per heavy atom. The molecule has 2 aromatic rings. The Kier molecular flexibility index (Phi) is 4.74. The molecule has 1 aromatic heterocycles. The smallest absolute Gasteiger partial charge is 0.309 e. The number of hydrogen-bond donors (Lipinski definition) is 2. The first-order valence-corrected chi connectivity index (χ1v) is 7.43. The molecule has 0 aliphatic carbocycles. The van der Waals surface area contributed by atoms with E-state index in [0.717, 1.165) is 0 Å². The summed E-state index contributed by atoms with van der Waals surface area (Å²) in [6.07, 6.45) is -0.170. The summed E-state index contributed by atoms with van der Waals surface area (Å²) in [7, 11) is 0. The Labute approximate surface area is 131 Å². The van der Waals surface area contributed by atoms with Gasteiger partial charge in [-0.2, -0.15) is 0 Å². The van der Waals surface area contributed by atoms with E-state index in [1.807, 2.05) is 0 Å². The Hall–Kier alpha value is -1.44. The minimum absolute atomic E-state index is 0.170. The number of nitrogens with one attached hydrogen (secondary N) is 1. The summed E-state index contributed by atoms with van der Waals surface area (Å²) in [6.45, 7) is 0. The molecule has 0 aliphatic rings. The molecule has 0 fully saturated rings. The van der Waals surface area contributed by atoms with Gasteiger partial charge in [0.2, 0.25) is 0 Å². The van der Waals surface area contributed by atoms with Gasteiger partial charge in [0.05, 0.1) is 17.7 Å². The zero-order valence-electron chi connectivity index (χ0n) is 9.89. The number of carbonyl (C=O) groups is 2. The zero-order valence-corrected chi connectivity index (χ0v) is 13.1. The molecule has 104 valence electrons. The average Bonchev–Trinajstić information content (AvgIpc) is 2.75. The number of carbonyl (C=O) groups excluding carboxylic acids is 1. The lowest BCUT2D eigenvalue weighted by molar-refractivity contribution is -0.136. The van der Waals surface area contributed by atoms with Crippen LogP contribution in [0.15, 0.2) is 28.1 Å². The summed E-state index contributed by atoms with van der Waals surface area (Å²) in [5.41, 5.74) is 0.831. The van der Waals surface area contributed by atoms with E-state index in [1.165, 1.54) is 11.3 Å². The second-order valence-electron chi connectivity index (χ2n) is 3.79. The molecular formula is C12H8BrClN2O3S. The predicted octanol–water partition coefficient (Wildman–Crippen LogP) is 3.44. The molecule has 1 heterocycles. The predicted molar refractivity (Wildman–Crippen MR) is 80.6 cm³/mol. The molecule has 0 spiro atoms. The van der Waals surface area contributed by atoms with Crippen molar-refractivity contribution in [3.05, 3.63) is 44.3 Å². The van der Waals surface area contributed by atoms with E-state index in [2.05, 4.69) is 26.2 Å². The van der Waals surface area contributed by atoms with Crippen LogP contribution in [0.2, 0.25) is 5.02 Å². The summed E-state index contributed by atoms with van der Waals surface area (Å²) >= 11 is 10.2. The number of anilines is 1. The second-order valence-corrected chi connectivity index (χ2v) is 5.94. The van der Waals surface area contributed by atoms with Crippen molar-refractivity contribution in [1.82, 2.24) is 4.98 Å². The molecule has 0 saturated heterocycles. The van der Waals surface area contributed by atoms with Crippen molar-refractivity contribution in [2.24, 2.45) is 0 Å². The number of amides is 1. The van der Waals surface area contributed by atoms with Crippen LogP contribution in [0.4, 0.5) is 5.13 Å². The van der Waals surface area contributed by atoms with Gasteiger partial charge in [0, 0.05) is 14.9 Å². The Bertz CT molecular complexity index is 674. The molecule has 0 unspecified atom stereocenters. The van der Waals surface area contributed by atoms with Crippen molar-refractivity contribution >= 4 is 55.9 Å². The van der Waals surface area contributed by atoms with Gasteiger partial charge in [-0.15, -0.1) is 11.3 Å². The number of hydrogen-bond acceptors (Lipinski definition) is 4. The Morgan fingerprint density at radius 3 is 2.85 bits per heavy atom. The minimum atomic E-state index is -0.964. The average molecular weight is 376 g/mol. The van der Waals surface area contributed by atoms with Crippen molar-refractivity contribution in [1.29, 1.82) is 0 Å². The first-order valence-electron chi connectivity index (χ1n) is 5.38. The highest BCUT2D eigenvalue weighted by Crippen LogP contribution is 2.23. The third kappa shape index (κ3) is 3.78. The normalized spacial score (nSPS) is 10.3. The van der Waals surface area contributed by atoms with Crippen LogP contribution in [-0.2, 0) is 11.2 Å². The van der Waals surface area contributed by atoms with Gasteiger partial charge >= 0.3 is 5.97 Å². The largest absolute Gasteiger partial charge is 0.481 e. The molecule has 1 amide bonds. The van der Waals surface area contributed by atoms with Crippen LogP contribution in [0.3, 0.4) is 0 Å². The molecule has 0 saturated carbocycles. The van der Waals surface area contributed by atoms with E-state index in [4.69, 9.17) is 16.7 Å². The maximum absolute atomic E-state index is 12.0. The van der Waals surface area contributed by atoms with Crippen LogP contribution in [0.25, 0.3) is 0 Å². The molecule has 1 aromatic carbocycles. The van der Waals surface area contributed by atoms with Crippen molar-refractivity contribution in [2.45, 2.75) is 6.42 Å². The SMILES string of the molecule is O=C(O)Cc1csc(NC(=O)c2ccc(Cl)cc2Br)n1. The van der Waals surface area contributed by atoms with Crippen molar-refractivity contribution < 1.29 is 14.7 Å². The van der Waals surface area contributed by atoms with E-state index in [9.17, 15) is 9.59 Å². The number of carboxylic acids is 1. The van der Waals surface area contributed by atoms with Crippen LogP contribution in [0.5, 0.6) is 0 Å². The molecule has 0 radical (unpaired) electrons. The molecule has 2 N–H and O–H groups in total. The summed E-state index contributed by atoms with van der Waals surface area (Å²) in [5, 5.41) is 13.7. The zero-order chi connectivity index (χ0) is 14.7.